The predicted octanol–water partition coefficient (Wildman–Crippen LogP) is 3.00. The van der Waals surface area contributed by atoms with Crippen molar-refractivity contribution in [3.63, 3.8) is 0 Å². The topological polar surface area (TPSA) is 29.5 Å². The van der Waals surface area contributed by atoms with E-state index < -0.39 is 0 Å². The fraction of sp³-hybridized carbons (Fsp3) is 0.562. The van der Waals surface area contributed by atoms with Crippen LogP contribution in [-0.2, 0) is 0 Å². The molecule has 0 radical (unpaired) electrons. The van der Waals surface area contributed by atoms with E-state index >= 15 is 0 Å². The molecule has 1 aliphatic rings. The van der Waals surface area contributed by atoms with Crippen molar-refractivity contribution < 1.29 is 9.53 Å². The summed E-state index contributed by atoms with van der Waals surface area (Å²) in [5, 5.41) is 0. The number of hydrogen-bond donors (Lipinski definition) is 0. The van der Waals surface area contributed by atoms with Gasteiger partial charge in [0.05, 0.1) is 19.2 Å². The van der Waals surface area contributed by atoms with Crippen molar-refractivity contribution in [2.45, 2.75) is 32.7 Å². The Morgan fingerprint density at radius 3 is 2.63 bits per heavy atom. The largest absolute Gasteiger partial charge is 0.496 e. The predicted molar refractivity (Wildman–Crippen MR) is 76.8 cm³/mol. The molecule has 1 aromatic rings. The van der Waals surface area contributed by atoms with E-state index in [1.807, 2.05) is 24.3 Å². The van der Waals surface area contributed by atoms with Gasteiger partial charge >= 0.3 is 0 Å². The smallest absolute Gasteiger partial charge is 0.180 e. The maximum Gasteiger partial charge on any atom is 0.180 e. The van der Waals surface area contributed by atoms with Crippen molar-refractivity contribution in [2.75, 3.05) is 20.2 Å². The number of carbonyl (C=O) groups excluding carboxylic acids is 1. The van der Waals surface area contributed by atoms with E-state index in [0.717, 1.165) is 12.5 Å². The highest BCUT2D eigenvalue weighted by atomic mass is 16.5. The molecule has 1 aromatic carbocycles. The van der Waals surface area contributed by atoms with Crippen molar-refractivity contribution >= 4 is 5.78 Å². The summed E-state index contributed by atoms with van der Waals surface area (Å²) in [7, 11) is 1.61. The van der Waals surface area contributed by atoms with Gasteiger partial charge in [0.25, 0.3) is 0 Å². The van der Waals surface area contributed by atoms with E-state index in [2.05, 4.69) is 18.7 Å². The summed E-state index contributed by atoms with van der Waals surface area (Å²) < 4.78 is 5.26. The summed E-state index contributed by atoms with van der Waals surface area (Å²) in [5.41, 5.74) is 0.687. The molecular weight excluding hydrogens is 238 g/mol. The molecule has 19 heavy (non-hydrogen) atoms. The SMILES string of the molecule is COc1ccccc1C(=O)CN(CC1CC1)C(C)C. The first-order valence-corrected chi connectivity index (χ1v) is 7.02. The lowest BCUT2D eigenvalue weighted by Crippen LogP contribution is -2.37. The summed E-state index contributed by atoms with van der Waals surface area (Å²) >= 11 is 0. The highest BCUT2D eigenvalue weighted by Crippen LogP contribution is 2.30. The monoisotopic (exact) mass is 261 g/mol. The lowest BCUT2D eigenvalue weighted by Gasteiger charge is -2.25. The maximum absolute atomic E-state index is 12.4. The lowest BCUT2D eigenvalue weighted by atomic mass is 10.1. The normalized spacial score (nSPS) is 15.0. The minimum Gasteiger partial charge on any atom is -0.496 e. The lowest BCUT2D eigenvalue weighted by molar-refractivity contribution is 0.0898. The molecule has 104 valence electrons. The quantitative estimate of drug-likeness (QED) is 0.707. The van der Waals surface area contributed by atoms with Crippen molar-refractivity contribution in [3.8, 4) is 5.75 Å². The number of Topliss-reactive ketones (excluding diaryl/α,β-unsaturated/α-hetero) is 1. The van der Waals surface area contributed by atoms with Crippen LogP contribution in [-0.4, -0.2) is 36.9 Å². The Kier molecular flexibility index (Phi) is 4.59. The molecule has 0 amide bonds. The third kappa shape index (κ3) is 3.80. The van der Waals surface area contributed by atoms with Crippen LogP contribution < -0.4 is 4.74 Å². The Labute approximate surface area is 115 Å². The highest BCUT2D eigenvalue weighted by molar-refractivity contribution is 6.00. The number of ketones is 1. The van der Waals surface area contributed by atoms with Gasteiger partial charge < -0.3 is 4.74 Å². The van der Waals surface area contributed by atoms with Gasteiger partial charge in [0.15, 0.2) is 5.78 Å². The number of hydrogen-bond acceptors (Lipinski definition) is 3. The second kappa shape index (κ2) is 6.20. The molecule has 0 aromatic heterocycles. The van der Waals surface area contributed by atoms with Gasteiger partial charge in [-0.25, -0.2) is 0 Å². The maximum atomic E-state index is 12.4. The van der Waals surface area contributed by atoms with Gasteiger partial charge in [-0.15, -0.1) is 0 Å². The van der Waals surface area contributed by atoms with Crippen LogP contribution in [0.3, 0.4) is 0 Å². The summed E-state index contributed by atoms with van der Waals surface area (Å²) in [6.45, 7) is 5.82. The number of nitrogens with zero attached hydrogens (tertiary/aromatic N) is 1. The van der Waals surface area contributed by atoms with Crippen LogP contribution in [0.4, 0.5) is 0 Å². The standard InChI is InChI=1S/C16H23NO2/c1-12(2)17(10-13-8-9-13)11-15(18)14-6-4-5-7-16(14)19-3/h4-7,12-13H,8-11H2,1-3H3. The first kappa shape index (κ1) is 14.1. The zero-order chi connectivity index (χ0) is 13.8. The molecule has 0 N–H and O–H groups in total. The number of para-hydroxylation sites is 1. The van der Waals surface area contributed by atoms with Crippen LogP contribution in [0, 0.1) is 5.92 Å². The van der Waals surface area contributed by atoms with Crippen LogP contribution in [0.5, 0.6) is 5.75 Å². The Bertz CT molecular complexity index is 438. The fourth-order valence-electron chi connectivity index (χ4n) is 2.23. The van der Waals surface area contributed by atoms with Crippen LogP contribution in [0.25, 0.3) is 0 Å². The minimum atomic E-state index is 0.145. The molecule has 1 aliphatic carbocycles. The number of ether oxygens (including phenoxy) is 1. The van der Waals surface area contributed by atoms with Crippen LogP contribution in [0.2, 0.25) is 0 Å². The zero-order valence-electron chi connectivity index (χ0n) is 12.1. The van der Waals surface area contributed by atoms with Crippen molar-refractivity contribution in [1.29, 1.82) is 0 Å². The average molecular weight is 261 g/mol. The minimum absolute atomic E-state index is 0.145. The molecule has 2 rings (SSSR count). The Morgan fingerprint density at radius 2 is 2.05 bits per heavy atom. The van der Waals surface area contributed by atoms with E-state index in [0.29, 0.717) is 23.9 Å². The number of benzene rings is 1. The third-order valence-corrected chi connectivity index (χ3v) is 3.67. The molecule has 3 heteroatoms. The van der Waals surface area contributed by atoms with Gasteiger partial charge in [-0.2, -0.15) is 0 Å². The van der Waals surface area contributed by atoms with Crippen LogP contribution in [0.1, 0.15) is 37.0 Å². The van der Waals surface area contributed by atoms with Gasteiger partial charge in [0, 0.05) is 12.6 Å². The molecule has 0 aliphatic heterocycles. The first-order chi connectivity index (χ1) is 9.11. The summed E-state index contributed by atoms with van der Waals surface area (Å²) in [4.78, 5) is 14.7. The molecule has 0 saturated heterocycles. The number of methoxy groups -OCH3 is 1. The van der Waals surface area contributed by atoms with Gasteiger partial charge in [-0.05, 0) is 44.7 Å². The molecule has 1 saturated carbocycles. The van der Waals surface area contributed by atoms with Gasteiger partial charge in [-0.1, -0.05) is 12.1 Å². The second-order valence-electron chi connectivity index (χ2n) is 5.59. The van der Waals surface area contributed by atoms with Gasteiger partial charge in [0.1, 0.15) is 5.75 Å². The molecule has 3 nitrogen and oxygen atoms in total. The number of rotatable bonds is 7. The molecule has 0 spiro atoms. The molecule has 0 bridgehead atoms. The van der Waals surface area contributed by atoms with Crippen LogP contribution in [0.15, 0.2) is 24.3 Å². The number of carbonyl (C=O) groups is 1. The van der Waals surface area contributed by atoms with Gasteiger partial charge in [-0.3, -0.25) is 9.69 Å². The fourth-order valence-corrected chi connectivity index (χ4v) is 2.23. The highest BCUT2D eigenvalue weighted by Gasteiger charge is 2.27. The van der Waals surface area contributed by atoms with E-state index in [9.17, 15) is 4.79 Å². The summed E-state index contributed by atoms with van der Waals surface area (Å²) in [5.74, 6) is 1.61. The molecule has 0 atom stereocenters. The van der Waals surface area contributed by atoms with Crippen molar-refractivity contribution in [2.24, 2.45) is 5.92 Å². The Hall–Kier alpha value is -1.35. The summed E-state index contributed by atoms with van der Waals surface area (Å²) in [6.07, 6.45) is 2.62. The van der Waals surface area contributed by atoms with E-state index in [1.165, 1.54) is 12.8 Å². The zero-order valence-corrected chi connectivity index (χ0v) is 12.1. The Morgan fingerprint density at radius 1 is 1.37 bits per heavy atom. The van der Waals surface area contributed by atoms with Gasteiger partial charge in [0.2, 0.25) is 0 Å². The van der Waals surface area contributed by atoms with E-state index in [1.54, 1.807) is 7.11 Å². The van der Waals surface area contributed by atoms with Crippen LogP contribution >= 0.6 is 0 Å². The van der Waals surface area contributed by atoms with Crippen molar-refractivity contribution in [3.05, 3.63) is 29.8 Å². The molecular formula is C16H23NO2. The second-order valence-corrected chi connectivity index (χ2v) is 5.59. The molecule has 0 heterocycles. The Balaban J connectivity index is 2.05. The van der Waals surface area contributed by atoms with Crippen molar-refractivity contribution in [1.82, 2.24) is 4.90 Å². The molecule has 0 unspecified atom stereocenters. The average Bonchev–Trinajstić information content (AvgIpc) is 3.21. The first-order valence-electron chi connectivity index (χ1n) is 7.02. The van der Waals surface area contributed by atoms with E-state index in [4.69, 9.17) is 4.74 Å². The summed E-state index contributed by atoms with van der Waals surface area (Å²) in [6, 6.07) is 7.86. The third-order valence-electron chi connectivity index (χ3n) is 3.67. The van der Waals surface area contributed by atoms with E-state index in [-0.39, 0.29) is 5.78 Å². The molecule has 1 fully saturated rings.